The van der Waals surface area contributed by atoms with Crippen LogP contribution in [0.15, 0.2) is 36.4 Å². The first kappa shape index (κ1) is 14.5. The summed E-state index contributed by atoms with van der Waals surface area (Å²) in [5.74, 6) is 1.40. The van der Waals surface area contributed by atoms with Gasteiger partial charge in [0.25, 0.3) is 0 Å². The van der Waals surface area contributed by atoms with Gasteiger partial charge in [-0.2, -0.15) is 0 Å². The molecule has 0 fully saturated rings. The zero-order valence-corrected chi connectivity index (χ0v) is 12.3. The highest BCUT2D eigenvalue weighted by Gasteiger charge is 2.04. The number of aromatic nitrogens is 1. The lowest BCUT2D eigenvalue weighted by atomic mass is 10.1. The zero-order valence-electron chi connectivity index (χ0n) is 12.3. The number of hydrogen-bond acceptors (Lipinski definition) is 3. The van der Waals surface area contributed by atoms with Crippen molar-refractivity contribution in [3.8, 4) is 17.0 Å². The van der Waals surface area contributed by atoms with Gasteiger partial charge < -0.3 is 9.84 Å². The minimum absolute atomic E-state index is 0.0289. The van der Waals surface area contributed by atoms with E-state index in [2.05, 4.69) is 18.8 Å². The molecule has 0 amide bonds. The average molecular weight is 271 g/mol. The summed E-state index contributed by atoms with van der Waals surface area (Å²) >= 11 is 0. The number of aryl methyl sites for hydroxylation is 1. The Kier molecular flexibility index (Phi) is 4.74. The van der Waals surface area contributed by atoms with Crippen molar-refractivity contribution in [2.24, 2.45) is 5.92 Å². The lowest BCUT2D eigenvalue weighted by Crippen LogP contribution is -2.04. The summed E-state index contributed by atoms with van der Waals surface area (Å²) in [6.07, 6.45) is 0. The molecule has 0 aliphatic rings. The quantitative estimate of drug-likeness (QED) is 0.903. The van der Waals surface area contributed by atoms with E-state index in [1.165, 1.54) is 0 Å². The zero-order chi connectivity index (χ0) is 14.5. The molecule has 0 aliphatic heterocycles. The Morgan fingerprint density at radius 3 is 2.35 bits per heavy atom. The predicted octanol–water partition coefficient (Wildman–Crippen LogP) is 3.58. The summed E-state index contributed by atoms with van der Waals surface area (Å²) in [5.41, 5.74) is 3.69. The molecule has 0 bridgehead atoms. The molecule has 0 unspecified atom stereocenters. The molecule has 0 atom stereocenters. The van der Waals surface area contributed by atoms with E-state index in [0.717, 1.165) is 34.9 Å². The van der Waals surface area contributed by atoms with Gasteiger partial charge in [-0.15, -0.1) is 0 Å². The van der Waals surface area contributed by atoms with Crippen LogP contribution in [-0.2, 0) is 6.61 Å². The summed E-state index contributed by atoms with van der Waals surface area (Å²) in [4.78, 5) is 4.52. The molecule has 3 nitrogen and oxygen atoms in total. The molecule has 0 saturated heterocycles. The average Bonchev–Trinajstić information content (AvgIpc) is 2.45. The lowest BCUT2D eigenvalue weighted by Gasteiger charge is -2.10. The minimum Gasteiger partial charge on any atom is -0.493 e. The standard InChI is InChI=1S/C17H21NO2/c1-12(2)11-20-16-7-4-14(5-8-16)17-9-6-15(10-19)13(3)18-17/h4-9,12,19H,10-11H2,1-3H3. The Bertz CT molecular complexity index is 562. The monoisotopic (exact) mass is 271 g/mol. The molecular formula is C17H21NO2. The second-order valence-corrected chi connectivity index (χ2v) is 5.33. The molecule has 3 heteroatoms. The third-order valence-electron chi connectivity index (χ3n) is 3.10. The molecule has 0 spiro atoms. The van der Waals surface area contributed by atoms with Crippen molar-refractivity contribution in [1.29, 1.82) is 0 Å². The molecule has 1 heterocycles. The van der Waals surface area contributed by atoms with Crippen LogP contribution in [0.1, 0.15) is 25.1 Å². The van der Waals surface area contributed by atoms with Crippen LogP contribution in [0.2, 0.25) is 0 Å². The predicted molar refractivity (Wildman–Crippen MR) is 80.7 cm³/mol. The van der Waals surface area contributed by atoms with Gasteiger partial charge in [-0.3, -0.25) is 4.98 Å². The van der Waals surface area contributed by atoms with Crippen LogP contribution < -0.4 is 4.74 Å². The molecule has 2 rings (SSSR count). The van der Waals surface area contributed by atoms with Crippen LogP contribution in [-0.4, -0.2) is 16.7 Å². The summed E-state index contributed by atoms with van der Waals surface area (Å²) in [6.45, 7) is 6.92. The molecule has 1 aromatic carbocycles. The lowest BCUT2D eigenvalue weighted by molar-refractivity contribution is 0.271. The van der Waals surface area contributed by atoms with E-state index in [0.29, 0.717) is 5.92 Å². The fourth-order valence-corrected chi connectivity index (χ4v) is 1.90. The van der Waals surface area contributed by atoms with E-state index < -0.39 is 0 Å². The number of ether oxygens (including phenoxy) is 1. The van der Waals surface area contributed by atoms with E-state index in [4.69, 9.17) is 9.84 Å². The third-order valence-corrected chi connectivity index (χ3v) is 3.10. The number of pyridine rings is 1. The van der Waals surface area contributed by atoms with Crippen LogP contribution in [0.4, 0.5) is 0 Å². The number of aliphatic hydroxyl groups is 1. The Morgan fingerprint density at radius 1 is 1.10 bits per heavy atom. The van der Waals surface area contributed by atoms with E-state index >= 15 is 0 Å². The Hall–Kier alpha value is -1.87. The summed E-state index contributed by atoms with van der Waals surface area (Å²) in [6, 6.07) is 11.8. The van der Waals surface area contributed by atoms with Crippen molar-refractivity contribution in [3.05, 3.63) is 47.7 Å². The van der Waals surface area contributed by atoms with E-state index in [1.807, 2.05) is 43.3 Å². The molecule has 20 heavy (non-hydrogen) atoms. The fourth-order valence-electron chi connectivity index (χ4n) is 1.90. The number of nitrogens with zero attached hydrogens (tertiary/aromatic N) is 1. The Balaban J connectivity index is 2.15. The van der Waals surface area contributed by atoms with Crippen molar-refractivity contribution in [3.63, 3.8) is 0 Å². The largest absolute Gasteiger partial charge is 0.493 e. The Morgan fingerprint density at radius 2 is 1.80 bits per heavy atom. The summed E-state index contributed by atoms with van der Waals surface area (Å²) in [7, 11) is 0. The molecule has 2 aromatic rings. The van der Waals surface area contributed by atoms with Gasteiger partial charge in [0.2, 0.25) is 0 Å². The Labute approximate surface area is 120 Å². The highest BCUT2D eigenvalue weighted by Crippen LogP contribution is 2.22. The van der Waals surface area contributed by atoms with E-state index in [1.54, 1.807) is 0 Å². The first-order valence-corrected chi connectivity index (χ1v) is 6.90. The fraction of sp³-hybridized carbons (Fsp3) is 0.353. The van der Waals surface area contributed by atoms with Crippen LogP contribution in [0.3, 0.4) is 0 Å². The number of aliphatic hydroxyl groups excluding tert-OH is 1. The molecule has 0 aliphatic carbocycles. The third kappa shape index (κ3) is 3.58. The molecular weight excluding hydrogens is 250 g/mol. The van der Waals surface area contributed by atoms with Crippen LogP contribution in [0, 0.1) is 12.8 Å². The topological polar surface area (TPSA) is 42.4 Å². The molecule has 0 saturated carbocycles. The normalized spacial score (nSPS) is 10.8. The minimum atomic E-state index is 0.0289. The van der Waals surface area contributed by atoms with Crippen LogP contribution >= 0.6 is 0 Å². The van der Waals surface area contributed by atoms with Gasteiger partial charge in [0.15, 0.2) is 0 Å². The second-order valence-electron chi connectivity index (χ2n) is 5.33. The van der Waals surface area contributed by atoms with Crippen molar-refractivity contribution in [1.82, 2.24) is 4.98 Å². The van der Waals surface area contributed by atoms with Crippen molar-refractivity contribution in [2.45, 2.75) is 27.4 Å². The maximum Gasteiger partial charge on any atom is 0.119 e. The van der Waals surface area contributed by atoms with Crippen molar-refractivity contribution in [2.75, 3.05) is 6.61 Å². The molecule has 106 valence electrons. The van der Waals surface area contributed by atoms with Crippen molar-refractivity contribution >= 4 is 0 Å². The summed E-state index contributed by atoms with van der Waals surface area (Å²) < 4.78 is 5.67. The maximum absolute atomic E-state index is 9.16. The van der Waals surface area contributed by atoms with Crippen molar-refractivity contribution < 1.29 is 9.84 Å². The smallest absolute Gasteiger partial charge is 0.119 e. The molecule has 1 N–H and O–H groups in total. The van der Waals surface area contributed by atoms with Crippen LogP contribution in [0.25, 0.3) is 11.3 Å². The summed E-state index contributed by atoms with van der Waals surface area (Å²) in [5, 5.41) is 9.16. The van der Waals surface area contributed by atoms with E-state index in [-0.39, 0.29) is 6.61 Å². The van der Waals surface area contributed by atoms with Crippen LogP contribution in [0.5, 0.6) is 5.75 Å². The first-order valence-electron chi connectivity index (χ1n) is 6.90. The highest BCUT2D eigenvalue weighted by molar-refractivity contribution is 5.60. The maximum atomic E-state index is 9.16. The highest BCUT2D eigenvalue weighted by atomic mass is 16.5. The molecule has 1 aromatic heterocycles. The van der Waals surface area contributed by atoms with Gasteiger partial charge >= 0.3 is 0 Å². The SMILES string of the molecule is Cc1nc(-c2ccc(OCC(C)C)cc2)ccc1CO. The number of hydrogen-bond donors (Lipinski definition) is 1. The second kappa shape index (κ2) is 6.53. The van der Waals surface area contributed by atoms with Gasteiger partial charge in [-0.1, -0.05) is 19.9 Å². The number of rotatable bonds is 5. The van der Waals surface area contributed by atoms with Gasteiger partial charge in [-0.25, -0.2) is 0 Å². The number of benzene rings is 1. The van der Waals surface area contributed by atoms with E-state index in [9.17, 15) is 0 Å². The van der Waals surface area contributed by atoms with Gasteiger partial charge in [0.1, 0.15) is 5.75 Å². The molecule has 0 radical (unpaired) electrons. The van der Waals surface area contributed by atoms with Gasteiger partial charge in [-0.05, 0) is 48.7 Å². The van der Waals surface area contributed by atoms with Gasteiger partial charge in [0, 0.05) is 11.3 Å². The first-order chi connectivity index (χ1) is 9.60. The van der Waals surface area contributed by atoms with Gasteiger partial charge in [0.05, 0.1) is 18.9 Å².